The van der Waals surface area contributed by atoms with Crippen LogP contribution in [0.1, 0.15) is 44.5 Å². The van der Waals surface area contributed by atoms with Crippen molar-refractivity contribution >= 4 is 0 Å². The summed E-state index contributed by atoms with van der Waals surface area (Å²) in [5.41, 5.74) is 3.46. The Bertz CT molecular complexity index is 833. The minimum absolute atomic E-state index is 0.183. The molecule has 1 aromatic carbocycles. The van der Waals surface area contributed by atoms with E-state index >= 15 is 0 Å². The lowest BCUT2D eigenvalue weighted by Crippen LogP contribution is -2.31. The zero-order valence-corrected chi connectivity index (χ0v) is 16.5. The van der Waals surface area contributed by atoms with Gasteiger partial charge in [0.25, 0.3) is 5.56 Å². The summed E-state index contributed by atoms with van der Waals surface area (Å²) in [6.45, 7) is 13.6. The molecule has 0 fully saturated rings. The van der Waals surface area contributed by atoms with Crippen molar-refractivity contribution < 1.29 is 0 Å². The molecule has 0 saturated heterocycles. The van der Waals surface area contributed by atoms with Crippen molar-refractivity contribution in [1.82, 2.24) is 9.88 Å². The maximum atomic E-state index is 12.2. The van der Waals surface area contributed by atoms with Crippen molar-refractivity contribution in [1.29, 1.82) is 5.26 Å². The maximum absolute atomic E-state index is 12.2. The monoisotopic (exact) mass is 351 g/mol. The van der Waals surface area contributed by atoms with Crippen LogP contribution in [-0.4, -0.2) is 23.0 Å². The molecule has 0 atom stereocenters. The van der Waals surface area contributed by atoms with Gasteiger partial charge in [0, 0.05) is 30.9 Å². The minimum atomic E-state index is -0.321. The molecule has 1 N–H and O–H groups in total. The first-order chi connectivity index (χ1) is 12.3. The average Bonchev–Trinajstić information content (AvgIpc) is 2.53. The molecule has 0 spiro atoms. The van der Waals surface area contributed by atoms with Crippen LogP contribution in [0.5, 0.6) is 0 Å². The zero-order chi connectivity index (χ0) is 19.3. The van der Waals surface area contributed by atoms with Gasteiger partial charge in [-0.3, -0.25) is 9.69 Å². The molecular weight excluding hydrogens is 322 g/mol. The zero-order valence-electron chi connectivity index (χ0n) is 16.5. The highest BCUT2D eigenvalue weighted by atomic mass is 16.1. The number of H-pyrrole nitrogens is 1. The van der Waals surface area contributed by atoms with Crippen LogP contribution in [0.3, 0.4) is 0 Å². The second-order valence-corrected chi connectivity index (χ2v) is 7.82. The Labute approximate surface area is 156 Å². The van der Waals surface area contributed by atoms with E-state index in [1.54, 1.807) is 0 Å². The van der Waals surface area contributed by atoms with E-state index in [0.717, 1.165) is 42.0 Å². The largest absolute Gasteiger partial charge is 0.325 e. The van der Waals surface area contributed by atoms with Crippen LogP contribution in [0.4, 0.5) is 0 Å². The highest BCUT2D eigenvalue weighted by Crippen LogP contribution is 2.27. The van der Waals surface area contributed by atoms with E-state index in [1.165, 1.54) is 0 Å². The summed E-state index contributed by atoms with van der Waals surface area (Å²) in [5, 5.41) is 9.48. The molecule has 0 aliphatic rings. The highest BCUT2D eigenvalue weighted by molar-refractivity contribution is 5.73. The molecule has 26 heavy (non-hydrogen) atoms. The molecule has 0 amide bonds. The van der Waals surface area contributed by atoms with E-state index in [9.17, 15) is 10.1 Å². The smallest absolute Gasteiger partial charge is 0.266 e. The van der Waals surface area contributed by atoms with Crippen molar-refractivity contribution in [2.24, 2.45) is 11.8 Å². The van der Waals surface area contributed by atoms with Gasteiger partial charge < -0.3 is 4.98 Å². The van der Waals surface area contributed by atoms with Gasteiger partial charge in [0.1, 0.15) is 11.6 Å². The Hall–Kier alpha value is -2.38. The first-order valence-corrected chi connectivity index (χ1v) is 9.26. The number of pyridine rings is 1. The summed E-state index contributed by atoms with van der Waals surface area (Å²) in [7, 11) is 0. The Balaban J connectivity index is 2.49. The third kappa shape index (κ3) is 5.06. The van der Waals surface area contributed by atoms with Crippen LogP contribution in [0.25, 0.3) is 11.1 Å². The van der Waals surface area contributed by atoms with E-state index < -0.39 is 0 Å². The minimum Gasteiger partial charge on any atom is -0.325 e. The summed E-state index contributed by atoms with van der Waals surface area (Å²) in [6, 6.07) is 12.1. The van der Waals surface area contributed by atoms with Crippen molar-refractivity contribution in [2.75, 3.05) is 13.1 Å². The topological polar surface area (TPSA) is 59.9 Å². The molecule has 0 aliphatic heterocycles. The fourth-order valence-electron chi connectivity index (χ4n) is 3.41. The number of nitrogens with one attached hydrogen (secondary N) is 1. The summed E-state index contributed by atoms with van der Waals surface area (Å²) < 4.78 is 0. The van der Waals surface area contributed by atoms with Crippen LogP contribution in [0.15, 0.2) is 35.1 Å². The van der Waals surface area contributed by atoms with Crippen LogP contribution in [0.2, 0.25) is 0 Å². The Morgan fingerprint density at radius 3 is 2.27 bits per heavy atom. The highest BCUT2D eigenvalue weighted by Gasteiger charge is 2.16. The Kier molecular flexibility index (Phi) is 6.76. The van der Waals surface area contributed by atoms with Gasteiger partial charge in [0.2, 0.25) is 0 Å². The van der Waals surface area contributed by atoms with E-state index in [4.69, 9.17) is 0 Å². The Morgan fingerprint density at radius 2 is 1.69 bits per heavy atom. The summed E-state index contributed by atoms with van der Waals surface area (Å²) >= 11 is 0. The van der Waals surface area contributed by atoms with Gasteiger partial charge in [-0.1, -0.05) is 52.0 Å². The fraction of sp³-hybridized carbons (Fsp3) is 0.455. The van der Waals surface area contributed by atoms with Crippen LogP contribution >= 0.6 is 0 Å². The normalized spacial score (nSPS) is 11.3. The number of aromatic amines is 1. The molecule has 0 bridgehead atoms. The Morgan fingerprint density at radius 1 is 1.08 bits per heavy atom. The van der Waals surface area contributed by atoms with Gasteiger partial charge in [-0.25, -0.2) is 0 Å². The summed E-state index contributed by atoms with van der Waals surface area (Å²) in [6.07, 6.45) is 0. The molecule has 0 unspecified atom stereocenters. The third-order valence-corrected chi connectivity index (χ3v) is 4.23. The third-order valence-electron chi connectivity index (χ3n) is 4.23. The van der Waals surface area contributed by atoms with Crippen molar-refractivity contribution in [2.45, 2.75) is 41.2 Å². The van der Waals surface area contributed by atoms with Crippen LogP contribution in [0, 0.1) is 30.1 Å². The summed E-state index contributed by atoms with van der Waals surface area (Å²) in [5.74, 6) is 1.16. The van der Waals surface area contributed by atoms with E-state index in [0.29, 0.717) is 11.8 Å². The quantitative estimate of drug-likeness (QED) is 0.807. The molecule has 0 aliphatic carbocycles. The number of rotatable bonds is 7. The standard InChI is InChI=1S/C22H29N3O/c1-15(2)12-25(13-16(3)4)14-18-8-6-7-9-19(18)20-10-17(5)24-22(26)21(20)11-23/h6-10,15-16H,12-14H2,1-5H3,(H,24,26). The second-order valence-electron chi connectivity index (χ2n) is 7.82. The molecule has 0 radical (unpaired) electrons. The lowest BCUT2D eigenvalue weighted by molar-refractivity contribution is 0.212. The molecule has 138 valence electrons. The number of aromatic nitrogens is 1. The fourth-order valence-corrected chi connectivity index (χ4v) is 3.41. The molecule has 2 aromatic rings. The number of nitrogens with zero attached hydrogens (tertiary/aromatic N) is 2. The number of aryl methyl sites for hydroxylation is 1. The number of hydrogen-bond donors (Lipinski definition) is 1. The number of hydrogen-bond acceptors (Lipinski definition) is 3. The van der Waals surface area contributed by atoms with Crippen molar-refractivity contribution in [3.05, 3.63) is 57.5 Å². The van der Waals surface area contributed by atoms with E-state index in [-0.39, 0.29) is 11.1 Å². The first-order valence-electron chi connectivity index (χ1n) is 9.26. The molecular formula is C22H29N3O. The molecule has 4 heteroatoms. The predicted octanol–water partition coefficient (Wildman–Crippen LogP) is 4.34. The maximum Gasteiger partial charge on any atom is 0.266 e. The van der Waals surface area contributed by atoms with E-state index in [1.807, 2.05) is 31.2 Å². The number of benzene rings is 1. The van der Waals surface area contributed by atoms with Gasteiger partial charge in [0.05, 0.1) is 0 Å². The van der Waals surface area contributed by atoms with Gasteiger partial charge in [0.15, 0.2) is 0 Å². The van der Waals surface area contributed by atoms with Gasteiger partial charge in [-0.05, 0) is 36.0 Å². The molecule has 1 aromatic heterocycles. The lowest BCUT2D eigenvalue weighted by atomic mass is 9.95. The van der Waals surface area contributed by atoms with Gasteiger partial charge in [-0.2, -0.15) is 5.26 Å². The molecule has 2 rings (SSSR count). The molecule has 0 saturated carbocycles. The van der Waals surface area contributed by atoms with Gasteiger partial charge in [-0.15, -0.1) is 0 Å². The molecule has 4 nitrogen and oxygen atoms in total. The molecule has 1 heterocycles. The van der Waals surface area contributed by atoms with Gasteiger partial charge >= 0.3 is 0 Å². The average molecular weight is 351 g/mol. The second kappa shape index (κ2) is 8.82. The predicted molar refractivity (Wildman–Crippen MR) is 107 cm³/mol. The summed E-state index contributed by atoms with van der Waals surface area (Å²) in [4.78, 5) is 17.4. The van der Waals surface area contributed by atoms with Crippen molar-refractivity contribution in [3.63, 3.8) is 0 Å². The van der Waals surface area contributed by atoms with Crippen molar-refractivity contribution in [3.8, 4) is 17.2 Å². The van der Waals surface area contributed by atoms with Crippen LogP contribution < -0.4 is 5.56 Å². The number of nitriles is 1. The van der Waals surface area contributed by atoms with Crippen LogP contribution in [-0.2, 0) is 6.54 Å². The van der Waals surface area contributed by atoms with E-state index in [2.05, 4.69) is 49.7 Å². The lowest BCUT2D eigenvalue weighted by Gasteiger charge is -2.27. The SMILES string of the molecule is Cc1cc(-c2ccccc2CN(CC(C)C)CC(C)C)c(C#N)c(=O)[nH]1. The first kappa shape index (κ1) is 19.9.